The predicted molar refractivity (Wildman–Crippen MR) is 85.7 cm³/mol. The predicted octanol–water partition coefficient (Wildman–Crippen LogP) is 2.59. The number of amides is 1. The van der Waals surface area contributed by atoms with Crippen molar-refractivity contribution < 1.29 is 4.79 Å². The summed E-state index contributed by atoms with van der Waals surface area (Å²) in [4.78, 5) is 14.2. The minimum absolute atomic E-state index is 0.00870. The number of anilines is 1. The Morgan fingerprint density at radius 1 is 1.25 bits per heavy atom. The second-order valence-corrected chi connectivity index (χ2v) is 6.15. The minimum Gasteiger partial charge on any atom is -0.381 e. The molecule has 1 heterocycles. The van der Waals surface area contributed by atoms with Crippen LogP contribution < -0.4 is 11.1 Å². The largest absolute Gasteiger partial charge is 0.381 e. The molecule has 1 amide bonds. The smallest absolute Gasteiger partial charge is 0.224 e. The molecule has 1 aromatic carbocycles. The maximum Gasteiger partial charge on any atom is 0.224 e. The molecule has 0 aromatic heterocycles. The zero-order chi connectivity index (χ0) is 14.4. The molecule has 4 nitrogen and oxygen atoms in total. The van der Waals surface area contributed by atoms with Crippen LogP contribution in [0.5, 0.6) is 0 Å². The van der Waals surface area contributed by atoms with Gasteiger partial charge in [-0.15, -0.1) is 0 Å². The average molecular weight is 340 g/mol. The number of halogens is 1. The Morgan fingerprint density at radius 3 is 2.50 bits per heavy atom. The zero-order valence-electron chi connectivity index (χ0n) is 11.6. The van der Waals surface area contributed by atoms with Gasteiger partial charge in [0, 0.05) is 42.3 Å². The molecule has 1 aliphatic heterocycles. The molecule has 1 fully saturated rings. The van der Waals surface area contributed by atoms with E-state index in [1.807, 2.05) is 29.2 Å². The van der Waals surface area contributed by atoms with Crippen LogP contribution in [0.1, 0.15) is 25.7 Å². The van der Waals surface area contributed by atoms with Crippen LogP contribution in [0, 0.1) is 0 Å². The second kappa shape index (κ2) is 7.64. The number of nitrogens with zero attached hydrogens (tertiary/aromatic N) is 1. The van der Waals surface area contributed by atoms with Gasteiger partial charge >= 0.3 is 0 Å². The molecule has 1 unspecified atom stereocenters. The van der Waals surface area contributed by atoms with Crippen molar-refractivity contribution in [2.45, 2.75) is 31.7 Å². The number of benzene rings is 1. The number of hydrogen-bond acceptors (Lipinski definition) is 3. The summed E-state index contributed by atoms with van der Waals surface area (Å²) < 4.78 is 1.04. The van der Waals surface area contributed by atoms with Gasteiger partial charge in [-0.2, -0.15) is 0 Å². The molecule has 5 heteroatoms. The molecule has 0 saturated carbocycles. The van der Waals surface area contributed by atoms with E-state index in [0.29, 0.717) is 13.0 Å². The van der Waals surface area contributed by atoms with Crippen LogP contribution in [-0.2, 0) is 4.79 Å². The third-order valence-corrected chi connectivity index (χ3v) is 4.16. The number of rotatable bonds is 5. The van der Waals surface area contributed by atoms with E-state index in [1.54, 1.807) is 0 Å². The zero-order valence-corrected chi connectivity index (χ0v) is 13.2. The van der Waals surface area contributed by atoms with E-state index in [1.165, 1.54) is 6.42 Å². The number of likely N-dealkylation sites (tertiary alicyclic amines) is 1. The highest BCUT2D eigenvalue weighted by molar-refractivity contribution is 9.10. The summed E-state index contributed by atoms with van der Waals surface area (Å²) in [5.74, 6) is 0.213. The first kappa shape index (κ1) is 15.3. The molecule has 110 valence electrons. The van der Waals surface area contributed by atoms with E-state index in [2.05, 4.69) is 21.2 Å². The van der Waals surface area contributed by atoms with E-state index < -0.39 is 0 Å². The van der Waals surface area contributed by atoms with Gasteiger partial charge in [-0.05, 0) is 43.5 Å². The van der Waals surface area contributed by atoms with Crippen molar-refractivity contribution in [1.29, 1.82) is 0 Å². The van der Waals surface area contributed by atoms with Gasteiger partial charge in [0.05, 0.1) is 0 Å². The van der Waals surface area contributed by atoms with Gasteiger partial charge in [0.15, 0.2) is 0 Å². The standard InChI is InChI=1S/C15H22BrN3O/c16-12-4-6-13(7-5-12)18-14(11-17)10-15(20)19-8-2-1-3-9-19/h4-7,14,18H,1-3,8-11,17H2. The number of nitrogens with two attached hydrogens (primary N) is 1. The quantitative estimate of drug-likeness (QED) is 0.866. The van der Waals surface area contributed by atoms with E-state index >= 15 is 0 Å². The summed E-state index contributed by atoms with van der Waals surface area (Å²) in [6.07, 6.45) is 3.95. The van der Waals surface area contributed by atoms with Crippen LogP contribution in [0.3, 0.4) is 0 Å². The van der Waals surface area contributed by atoms with E-state index in [-0.39, 0.29) is 11.9 Å². The van der Waals surface area contributed by atoms with Crippen LogP contribution in [0.15, 0.2) is 28.7 Å². The second-order valence-electron chi connectivity index (χ2n) is 5.23. The van der Waals surface area contributed by atoms with Gasteiger partial charge < -0.3 is 16.0 Å². The molecule has 0 aliphatic carbocycles. The number of nitrogens with one attached hydrogen (secondary N) is 1. The van der Waals surface area contributed by atoms with Crippen molar-refractivity contribution >= 4 is 27.5 Å². The van der Waals surface area contributed by atoms with Gasteiger partial charge in [0.25, 0.3) is 0 Å². The van der Waals surface area contributed by atoms with Crippen LogP contribution in [0.2, 0.25) is 0 Å². The maximum absolute atomic E-state index is 12.2. The Balaban J connectivity index is 1.87. The van der Waals surface area contributed by atoms with Gasteiger partial charge in [-0.25, -0.2) is 0 Å². The first-order valence-electron chi connectivity index (χ1n) is 7.19. The molecule has 2 rings (SSSR count). The van der Waals surface area contributed by atoms with E-state index in [9.17, 15) is 4.79 Å². The molecule has 0 radical (unpaired) electrons. The summed E-state index contributed by atoms with van der Waals surface area (Å²) in [7, 11) is 0. The van der Waals surface area contributed by atoms with E-state index in [0.717, 1.165) is 36.1 Å². The van der Waals surface area contributed by atoms with Crippen LogP contribution in [0.4, 0.5) is 5.69 Å². The summed E-state index contributed by atoms with van der Waals surface area (Å²) in [6, 6.07) is 7.91. The number of piperidine rings is 1. The number of hydrogen-bond donors (Lipinski definition) is 2. The molecule has 3 N–H and O–H groups in total. The number of carbonyl (C=O) groups is 1. The Hall–Kier alpha value is -1.07. The van der Waals surface area contributed by atoms with Gasteiger partial charge in [-0.1, -0.05) is 15.9 Å². The minimum atomic E-state index is -0.00870. The summed E-state index contributed by atoms with van der Waals surface area (Å²) >= 11 is 3.41. The Labute approximate surface area is 128 Å². The Kier molecular flexibility index (Phi) is 5.86. The van der Waals surface area contributed by atoms with Crippen molar-refractivity contribution in [2.24, 2.45) is 5.73 Å². The molecule has 1 atom stereocenters. The molecule has 1 aliphatic rings. The number of carbonyl (C=O) groups excluding carboxylic acids is 1. The van der Waals surface area contributed by atoms with Crippen molar-refractivity contribution in [1.82, 2.24) is 4.90 Å². The van der Waals surface area contributed by atoms with Crippen molar-refractivity contribution in [3.8, 4) is 0 Å². The lowest BCUT2D eigenvalue weighted by Crippen LogP contribution is -2.40. The van der Waals surface area contributed by atoms with Crippen molar-refractivity contribution in [3.63, 3.8) is 0 Å². The van der Waals surface area contributed by atoms with Crippen LogP contribution in [-0.4, -0.2) is 36.5 Å². The lowest BCUT2D eigenvalue weighted by Gasteiger charge is -2.28. The molecule has 1 aromatic rings. The van der Waals surface area contributed by atoms with E-state index in [4.69, 9.17) is 5.73 Å². The lowest BCUT2D eigenvalue weighted by atomic mass is 10.1. The molecule has 20 heavy (non-hydrogen) atoms. The highest BCUT2D eigenvalue weighted by Gasteiger charge is 2.20. The summed E-state index contributed by atoms with van der Waals surface area (Å²) in [5, 5.41) is 3.33. The average Bonchev–Trinajstić information content (AvgIpc) is 2.49. The fraction of sp³-hybridized carbons (Fsp3) is 0.533. The molecule has 0 bridgehead atoms. The molecular formula is C15H22BrN3O. The third-order valence-electron chi connectivity index (χ3n) is 3.63. The normalized spacial score (nSPS) is 16.8. The van der Waals surface area contributed by atoms with Gasteiger partial charge in [-0.3, -0.25) is 4.79 Å². The fourth-order valence-corrected chi connectivity index (χ4v) is 2.72. The fourth-order valence-electron chi connectivity index (χ4n) is 2.46. The molecule has 1 saturated heterocycles. The van der Waals surface area contributed by atoms with Gasteiger partial charge in [0.2, 0.25) is 5.91 Å². The first-order valence-corrected chi connectivity index (χ1v) is 7.98. The van der Waals surface area contributed by atoms with Crippen LogP contribution in [0.25, 0.3) is 0 Å². The summed E-state index contributed by atoms with van der Waals surface area (Å²) in [6.45, 7) is 2.25. The monoisotopic (exact) mass is 339 g/mol. The third kappa shape index (κ3) is 4.49. The van der Waals surface area contributed by atoms with Crippen molar-refractivity contribution in [3.05, 3.63) is 28.7 Å². The topological polar surface area (TPSA) is 58.4 Å². The highest BCUT2D eigenvalue weighted by atomic mass is 79.9. The lowest BCUT2D eigenvalue weighted by molar-refractivity contribution is -0.132. The summed E-state index contributed by atoms with van der Waals surface area (Å²) in [5.41, 5.74) is 6.78. The van der Waals surface area contributed by atoms with Crippen LogP contribution >= 0.6 is 15.9 Å². The molecule has 0 spiro atoms. The maximum atomic E-state index is 12.2. The SMILES string of the molecule is NCC(CC(=O)N1CCCCC1)Nc1ccc(Br)cc1. The Morgan fingerprint density at radius 2 is 1.90 bits per heavy atom. The first-order chi connectivity index (χ1) is 9.69. The van der Waals surface area contributed by atoms with Crippen molar-refractivity contribution in [2.75, 3.05) is 25.0 Å². The highest BCUT2D eigenvalue weighted by Crippen LogP contribution is 2.16. The molecular weight excluding hydrogens is 318 g/mol. The van der Waals surface area contributed by atoms with Gasteiger partial charge in [0.1, 0.15) is 0 Å². The Bertz CT molecular complexity index is 429.